The van der Waals surface area contributed by atoms with Crippen LogP contribution in [-0.4, -0.2) is 17.5 Å². The fraction of sp³-hybridized carbons (Fsp3) is 0.235. The van der Waals surface area contributed by atoms with Crippen molar-refractivity contribution in [2.75, 3.05) is 7.05 Å². The highest BCUT2D eigenvalue weighted by Crippen LogP contribution is 2.38. The van der Waals surface area contributed by atoms with Gasteiger partial charge in [0, 0.05) is 17.9 Å². The largest absolute Gasteiger partial charge is 0.624 e. The highest BCUT2D eigenvalue weighted by molar-refractivity contribution is 6.42. The van der Waals surface area contributed by atoms with Gasteiger partial charge in [0.15, 0.2) is 5.71 Å². The third-order valence-electron chi connectivity index (χ3n) is 4.04. The summed E-state index contributed by atoms with van der Waals surface area (Å²) in [4.78, 5) is 0. The van der Waals surface area contributed by atoms with Gasteiger partial charge in [-0.05, 0) is 35.7 Å². The van der Waals surface area contributed by atoms with Crippen molar-refractivity contribution in [1.29, 1.82) is 0 Å². The fourth-order valence-corrected chi connectivity index (χ4v) is 3.34. The molecule has 2 aromatic carbocycles. The molecule has 3 rings (SSSR count). The standard InChI is InChI=1S/C17H15Cl2NO/c1-20(21)17-9-7-12(13-4-2-3-5-14(13)17)11-6-8-15(18)16(19)10-11/h2-6,8,10,12H,7,9H2,1H3/b20-17-. The van der Waals surface area contributed by atoms with E-state index in [1.807, 2.05) is 36.4 Å². The quantitative estimate of drug-likeness (QED) is 0.419. The van der Waals surface area contributed by atoms with E-state index >= 15 is 0 Å². The topological polar surface area (TPSA) is 26.1 Å². The zero-order valence-corrected chi connectivity index (χ0v) is 13.2. The molecule has 0 saturated carbocycles. The maximum Gasteiger partial charge on any atom is 0.194 e. The smallest absolute Gasteiger partial charge is 0.194 e. The molecule has 1 aliphatic rings. The molecule has 0 N–H and O–H groups in total. The van der Waals surface area contributed by atoms with Crippen LogP contribution in [0, 0.1) is 5.21 Å². The second-order valence-corrected chi connectivity index (χ2v) is 6.11. The van der Waals surface area contributed by atoms with Gasteiger partial charge in [-0.1, -0.05) is 47.5 Å². The summed E-state index contributed by atoms with van der Waals surface area (Å²) in [7, 11) is 1.56. The van der Waals surface area contributed by atoms with Crippen LogP contribution in [0.1, 0.15) is 35.4 Å². The average molecular weight is 320 g/mol. The summed E-state index contributed by atoms with van der Waals surface area (Å²) in [6, 6.07) is 13.9. The molecule has 0 aromatic heterocycles. The van der Waals surface area contributed by atoms with Crippen molar-refractivity contribution in [2.45, 2.75) is 18.8 Å². The Labute approximate surface area is 134 Å². The normalized spacial score (nSPS) is 20.0. The van der Waals surface area contributed by atoms with Crippen LogP contribution >= 0.6 is 23.2 Å². The summed E-state index contributed by atoms with van der Waals surface area (Å²) >= 11 is 12.1. The molecule has 0 saturated heterocycles. The second-order valence-electron chi connectivity index (χ2n) is 5.30. The average Bonchev–Trinajstić information content (AvgIpc) is 2.49. The van der Waals surface area contributed by atoms with Crippen molar-refractivity contribution in [3.05, 3.63) is 74.4 Å². The zero-order valence-electron chi connectivity index (χ0n) is 11.6. The molecular formula is C17H15Cl2NO. The molecule has 0 spiro atoms. The first-order valence-corrected chi connectivity index (χ1v) is 7.64. The number of rotatable bonds is 1. The van der Waals surface area contributed by atoms with Crippen LogP contribution in [0.4, 0.5) is 0 Å². The summed E-state index contributed by atoms with van der Waals surface area (Å²) in [6.07, 6.45) is 1.67. The van der Waals surface area contributed by atoms with Gasteiger partial charge in [-0.15, -0.1) is 0 Å². The van der Waals surface area contributed by atoms with E-state index in [1.54, 1.807) is 7.05 Å². The Hall–Kier alpha value is -1.51. The number of benzene rings is 2. The molecule has 4 heteroatoms. The predicted octanol–water partition coefficient (Wildman–Crippen LogP) is 4.85. The van der Waals surface area contributed by atoms with Gasteiger partial charge >= 0.3 is 0 Å². The molecule has 0 heterocycles. The van der Waals surface area contributed by atoms with Crippen molar-refractivity contribution < 1.29 is 4.74 Å². The monoisotopic (exact) mass is 319 g/mol. The highest BCUT2D eigenvalue weighted by atomic mass is 35.5. The van der Waals surface area contributed by atoms with Crippen molar-refractivity contribution >= 4 is 28.9 Å². The van der Waals surface area contributed by atoms with Crippen LogP contribution in [0.3, 0.4) is 0 Å². The van der Waals surface area contributed by atoms with Crippen LogP contribution < -0.4 is 0 Å². The van der Waals surface area contributed by atoms with Gasteiger partial charge in [0.05, 0.1) is 10.0 Å². The minimum absolute atomic E-state index is 0.250. The number of nitrogens with zero attached hydrogens (tertiary/aromatic N) is 1. The maximum absolute atomic E-state index is 11.7. The van der Waals surface area contributed by atoms with E-state index in [2.05, 4.69) is 6.07 Å². The highest BCUT2D eigenvalue weighted by Gasteiger charge is 2.28. The Bertz CT molecular complexity index is 720. The minimum atomic E-state index is 0.250. The lowest BCUT2D eigenvalue weighted by atomic mass is 9.78. The fourth-order valence-electron chi connectivity index (χ4n) is 3.04. The Morgan fingerprint density at radius 3 is 2.57 bits per heavy atom. The van der Waals surface area contributed by atoms with E-state index in [4.69, 9.17) is 23.2 Å². The first-order chi connectivity index (χ1) is 10.1. The molecule has 1 unspecified atom stereocenters. The molecule has 0 aliphatic heterocycles. The Morgan fingerprint density at radius 2 is 1.86 bits per heavy atom. The SMILES string of the molecule is C/[N+]([O-])=C1\CCC(c2ccc(Cl)c(Cl)c2)c2ccccc21. The van der Waals surface area contributed by atoms with E-state index in [9.17, 15) is 5.21 Å². The lowest BCUT2D eigenvalue weighted by Crippen LogP contribution is -2.23. The molecule has 21 heavy (non-hydrogen) atoms. The molecule has 1 atom stereocenters. The van der Waals surface area contributed by atoms with Crippen LogP contribution in [0.15, 0.2) is 42.5 Å². The number of hydrogen-bond acceptors (Lipinski definition) is 1. The first kappa shape index (κ1) is 14.4. The molecular weight excluding hydrogens is 305 g/mol. The summed E-state index contributed by atoms with van der Waals surface area (Å²) in [5.74, 6) is 0.250. The van der Waals surface area contributed by atoms with Gasteiger partial charge < -0.3 is 5.21 Å². The Balaban J connectivity index is 2.11. The van der Waals surface area contributed by atoms with Gasteiger partial charge in [-0.25, -0.2) is 4.74 Å². The molecule has 108 valence electrons. The molecule has 1 aliphatic carbocycles. The van der Waals surface area contributed by atoms with E-state index < -0.39 is 0 Å². The zero-order chi connectivity index (χ0) is 15.0. The number of fused-ring (bicyclic) bond motifs is 1. The van der Waals surface area contributed by atoms with Gasteiger partial charge in [0.1, 0.15) is 7.05 Å². The second kappa shape index (κ2) is 5.70. The van der Waals surface area contributed by atoms with Gasteiger partial charge in [-0.3, -0.25) is 0 Å². The molecule has 0 bridgehead atoms. The van der Waals surface area contributed by atoms with E-state index in [0.717, 1.165) is 34.4 Å². The molecule has 2 aromatic rings. The summed E-state index contributed by atoms with van der Waals surface area (Å²) < 4.78 is 0.976. The summed E-state index contributed by atoms with van der Waals surface area (Å²) in [5.41, 5.74) is 4.21. The molecule has 0 radical (unpaired) electrons. The minimum Gasteiger partial charge on any atom is -0.624 e. The molecule has 0 fully saturated rings. The third-order valence-corrected chi connectivity index (χ3v) is 4.78. The Kier molecular flexibility index (Phi) is 3.92. The number of hydroxylamine groups is 1. The third kappa shape index (κ3) is 2.66. The van der Waals surface area contributed by atoms with Crippen molar-refractivity contribution in [3.8, 4) is 0 Å². The van der Waals surface area contributed by atoms with E-state index in [-0.39, 0.29) is 5.92 Å². The van der Waals surface area contributed by atoms with Gasteiger partial charge in [-0.2, -0.15) is 0 Å². The first-order valence-electron chi connectivity index (χ1n) is 6.89. The van der Waals surface area contributed by atoms with Crippen molar-refractivity contribution in [3.63, 3.8) is 0 Å². The van der Waals surface area contributed by atoms with Crippen LogP contribution in [0.2, 0.25) is 10.0 Å². The van der Waals surface area contributed by atoms with Crippen LogP contribution in [-0.2, 0) is 0 Å². The van der Waals surface area contributed by atoms with Crippen LogP contribution in [0.25, 0.3) is 0 Å². The maximum atomic E-state index is 11.7. The predicted molar refractivity (Wildman–Crippen MR) is 87.6 cm³/mol. The number of halogens is 2. The molecule has 0 amide bonds. The van der Waals surface area contributed by atoms with Crippen molar-refractivity contribution in [1.82, 2.24) is 0 Å². The van der Waals surface area contributed by atoms with E-state index in [1.165, 1.54) is 5.56 Å². The lowest BCUT2D eigenvalue weighted by Gasteiger charge is -2.26. The lowest BCUT2D eigenvalue weighted by molar-refractivity contribution is -0.423. The van der Waals surface area contributed by atoms with E-state index in [0.29, 0.717) is 10.0 Å². The van der Waals surface area contributed by atoms with Crippen molar-refractivity contribution in [2.24, 2.45) is 0 Å². The van der Waals surface area contributed by atoms with Crippen LogP contribution in [0.5, 0.6) is 0 Å². The summed E-state index contributed by atoms with van der Waals surface area (Å²) in [6.45, 7) is 0. The summed E-state index contributed by atoms with van der Waals surface area (Å²) in [5, 5.41) is 12.9. The van der Waals surface area contributed by atoms with Gasteiger partial charge in [0.2, 0.25) is 0 Å². The van der Waals surface area contributed by atoms with Gasteiger partial charge in [0.25, 0.3) is 0 Å². The number of hydrogen-bond donors (Lipinski definition) is 0. The Morgan fingerprint density at radius 1 is 1.10 bits per heavy atom. The molecule has 2 nitrogen and oxygen atoms in total.